The number of Topliss-reactive ketones (excluding diaryl/α,β-unsaturated/α-hetero) is 1. The van der Waals surface area contributed by atoms with Gasteiger partial charge in [-0.15, -0.1) is 0 Å². The molecule has 7 heteroatoms. The molecule has 5 rings (SSSR count). The first-order chi connectivity index (χ1) is 13.6. The maximum absolute atomic E-state index is 12.9. The SMILES string of the molecule is O=C1C[C@]2(CCN(C(=O)c3cc(-c4ccccn4)n[nH]3)C2)Oc2ccccc21. The van der Waals surface area contributed by atoms with Gasteiger partial charge in [-0.1, -0.05) is 18.2 Å². The summed E-state index contributed by atoms with van der Waals surface area (Å²) in [6.07, 6.45) is 2.60. The fourth-order valence-corrected chi connectivity index (χ4v) is 3.94. The maximum atomic E-state index is 12.9. The quantitative estimate of drug-likeness (QED) is 0.745. The molecule has 0 radical (unpaired) electrons. The summed E-state index contributed by atoms with van der Waals surface area (Å²) in [5, 5.41) is 7.01. The van der Waals surface area contributed by atoms with E-state index in [-0.39, 0.29) is 18.1 Å². The second-order valence-corrected chi connectivity index (χ2v) is 7.24. The number of pyridine rings is 1. The van der Waals surface area contributed by atoms with Gasteiger partial charge in [0, 0.05) is 19.2 Å². The summed E-state index contributed by atoms with van der Waals surface area (Å²) >= 11 is 0. The zero-order chi connectivity index (χ0) is 19.1. The van der Waals surface area contributed by atoms with Crippen molar-refractivity contribution in [1.29, 1.82) is 0 Å². The molecule has 0 unspecified atom stereocenters. The Kier molecular flexibility index (Phi) is 3.75. The Bertz CT molecular complexity index is 1060. The van der Waals surface area contributed by atoms with Crippen LogP contribution in [0.4, 0.5) is 0 Å². The number of hydrogen-bond acceptors (Lipinski definition) is 5. The average molecular weight is 374 g/mol. The van der Waals surface area contributed by atoms with Crippen LogP contribution in [0.1, 0.15) is 33.7 Å². The third-order valence-electron chi connectivity index (χ3n) is 5.34. The molecule has 1 amide bonds. The normalized spacial score (nSPS) is 20.9. The Hall–Kier alpha value is -3.48. The van der Waals surface area contributed by atoms with Crippen molar-refractivity contribution in [2.75, 3.05) is 13.1 Å². The van der Waals surface area contributed by atoms with Gasteiger partial charge < -0.3 is 9.64 Å². The summed E-state index contributed by atoms with van der Waals surface area (Å²) in [6, 6.07) is 14.5. The largest absolute Gasteiger partial charge is 0.484 e. The van der Waals surface area contributed by atoms with Crippen molar-refractivity contribution in [1.82, 2.24) is 20.1 Å². The van der Waals surface area contributed by atoms with Crippen LogP contribution in [0.25, 0.3) is 11.4 Å². The number of benzene rings is 1. The lowest BCUT2D eigenvalue weighted by molar-refractivity contribution is 0.0427. The van der Waals surface area contributed by atoms with Gasteiger partial charge in [0.2, 0.25) is 0 Å². The standard InChI is InChI=1S/C21H18N4O3/c26-18-12-21(28-19-7-2-1-5-14(18)19)8-10-25(13-21)20(27)17-11-16(23-24-17)15-6-3-4-9-22-15/h1-7,9,11H,8,10,12-13H2,(H,23,24)/t21-/m0/s1. The van der Waals surface area contributed by atoms with E-state index in [0.717, 1.165) is 0 Å². The molecule has 0 saturated carbocycles. The molecule has 1 spiro atoms. The van der Waals surface area contributed by atoms with Gasteiger partial charge in [-0.05, 0) is 30.3 Å². The van der Waals surface area contributed by atoms with Gasteiger partial charge >= 0.3 is 0 Å². The van der Waals surface area contributed by atoms with Crippen LogP contribution in [0, 0.1) is 0 Å². The zero-order valence-electron chi connectivity index (χ0n) is 15.1. The second-order valence-electron chi connectivity index (χ2n) is 7.24. The van der Waals surface area contributed by atoms with E-state index in [9.17, 15) is 9.59 Å². The predicted octanol–water partition coefficient (Wildman–Crippen LogP) is 2.72. The van der Waals surface area contributed by atoms with Crippen molar-refractivity contribution in [3.63, 3.8) is 0 Å². The summed E-state index contributed by atoms with van der Waals surface area (Å²) < 4.78 is 6.19. The molecular weight excluding hydrogens is 356 g/mol. The van der Waals surface area contributed by atoms with E-state index in [0.29, 0.717) is 47.9 Å². The number of likely N-dealkylation sites (tertiary alicyclic amines) is 1. The third kappa shape index (κ3) is 2.76. The van der Waals surface area contributed by atoms with Gasteiger partial charge in [0.25, 0.3) is 5.91 Å². The lowest BCUT2D eigenvalue weighted by Crippen LogP contribution is -2.45. The van der Waals surface area contributed by atoms with Gasteiger partial charge in [-0.3, -0.25) is 19.7 Å². The van der Waals surface area contributed by atoms with Crippen molar-refractivity contribution in [3.8, 4) is 17.1 Å². The fourth-order valence-electron chi connectivity index (χ4n) is 3.94. The first-order valence-corrected chi connectivity index (χ1v) is 9.21. The van der Waals surface area contributed by atoms with Crippen LogP contribution in [-0.2, 0) is 0 Å². The minimum atomic E-state index is -0.648. The molecule has 1 fully saturated rings. The van der Waals surface area contributed by atoms with Crippen LogP contribution < -0.4 is 4.74 Å². The number of ketones is 1. The highest BCUT2D eigenvalue weighted by Crippen LogP contribution is 2.38. The highest BCUT2D eigenvalue weighted by atomic mass is 16.5. The highest BCUT2D eigenvalue weighted by Gasteiger charge is 2.47. The number of para-hydroxylation sites is 1. The molecule has 0 bridgehead atoms. The lowest BCUT2D eigenvalue weighted by atomic mass is 9.89. The number of hydrogen-bond donors (Lipinski definition) is 1. The lowest BCUT2D eigenvalue weighted by Gasteiger charge is -2.34. The monoisotopic (exact) mass is 374 g/mol. The molecule has 1 N–H and O–H groups in total. The van der Waals surface area contributed by atoms with E-state index in [1.165, 1.54) is 0 Å². The molecule has 28 heavy (non-hydrogen) atoms. The number of aromatic amines is 1. The molecule has 4 heterocycles. The summed E-state index contributed by atoms with van der Waals surface area (Å²) in [7, 11) is 0. The molecule has 2 aromatic heterocycles. The zero-order valence-corrected chi connectivity index (χ0v) is 15.1. The second kappa shape index (κ2) is 6.30. The molecule has 3 aromatic rings. The molecule has 0 aliphatic carbocycles. The number of carbonyl (C=O) groups is 2. The average Bonchev–Trinajstić information content (AvgIpc) is 3.36. The van der Waals surface area contributed by atoms with Crippen molar-refractivity contribution in [2.45, 2.75) is 18.4 Å². The van der Waals surface area contributed by atoms with Crippen LogP contribution in [0.2, 0.25) is 0 Å². The number of rotatable bonds is 2. The van der Waals surface area contributed by atoms with Crippen LogP contribution in [0.15, 0.2) is 54.7 Å². The number of nitrogens with one attached hydrogen (secondary N) is 1. The van der Waals surface area contributed by atoms with Gasteiger partial charge in [-0.25, -0.2) is 0 Å². The molecule has 2 aliphatic heterocycles. The fraction of sp³-hybridized carbons (Fsp3) is 0.238. The van der Waals surface area contributed by atoms with Crippen LogP contribution >= 0.6 is 0 Å². The Morgan fingerprint density at radius 3 is 2.86 bits per heavy atom. The van der Waals surface area contributed by atoms with Gasteiger partial charge in [0.05, 0.1) is 24.2 Å². The van der Waals surface area contributed by atoms with Gasteiger partial charge in [0.1, 0.15) is 22.7 Å². The molecule has 1 aromatic carbocycles. The minimum absolute atomic E-state index is 0.0649. The third-order valence-corrected chi connectivity index (χ3v) is 5.34. The van der Waals surface area contributed by atoms with Crippen LogP contribution in [-0.4, -0.2) is 50.5 Å². The molecule has 2 aliphatic rings. The Morgan fingerprint density at radius 1 is 1.14 bits per heavy atom. The number of carbonyl (C=O) groups excluding carboxylic acids is 2. The predicted molar refractivity (Wildman–Crippen MR) is 101 cm³/mol. The van der Waals surface area contributed by atoms with Gasteiger partial charge in [0.15, 0.2) is 5.78 Å². The molecule has 7 nitrogen and oxygen atoms in total. The van der Waals surface area contributed by atoms with Crippen molar-refractivity contribution in [2.24, 2.45) is 0 Å². The Labute approximate surface area is 161 Å². The van der Waals surface area contributed by atoms with Crippen molar-refractivity contribution < 1.29 is 14.3 Å². The molecule has 140 valence electrons. The Morgan fingerprint density at radius 2 is 2.00 bits per heavy atom. The molecule has 1 atom stereocenters. The number of fused-ring (bicyclic) bond motifs is 1. The summed E-state index contributed by atoms with van der Waals surface area (Å²) in [6.45, 7) is 0.913. The first-order valence-electron chi connectivity index (χ1n) is 9.21. The van der Waals surface area contributed by atoms with Crippen LogP contribution in [0.3, 0.4) is 0 Å². The van der Waals surface area contributed by atoms with Crippen LogP contribution in [0.5, 0.6) is 5.75 Å². The minimum Gasteiger partial charge on any atom is -0.484 e. The molecular formula is C21H18N4O3. The van der Waals surface area contributed by atoms with Gasteiger partial charge in [-0.2, -0.15) is 5.10 Å². The Balaban J connectivity index is 1.35. The van der Waals surface area contributed by atoms with E-state index in [2.05, 4.69) is 15.2 Å². The summed E-state index contributed by atoms with van der Waals surface area (Å²) in [5.41, 5.74) is 1.70. The highest BCUT2D eigenvalue weighted by molar-refractivity contribution is 6.00. The van der Waals surface area contributed by atoms with E-state index in [1.54, 1.807) is 23.2 Å². The van der Waals surface area contributed by atoms with Crippen molar-refractivity contribution in [3.05, 3.63) is 66.0 Å². The number of ether oxygens (including phenoxy) is 1. The van der Waals surface area contributed by atoms with E-state index in [4.69, 9.17) is 4.74 Å². The summed E-state index contributed by atoms with van der Waals surface area (Å²) in [4.78, 5) is 31.5. The van der Waals surface area contributed by atoms with E-state index < -0.39 is 5.60 Å². The van der Waals surface area contributed by atoms with E-state index in [1.807, 2.05) is 36.4 Å². The first kappa shape index (κ1) is 16.7. The van der Waals surface area contributed by atoms with E-state index >= 15 is 0 Å². The number of nitrogens with zero attached hydrogens (tertiary/aromatic N) is 3. The van der Waals surface area contributed by atoms with Crippen molar-refractivity contribution >= 4 is 11.7 Å². The number of H-pyrrole nitrogens is 1. The number of aromatic nitrogens is 3. The molecule has 1 saturated heterocycles. The smallest absolute Gasteiger partial charge is 0.272 e. The maximum Gasteiger partial charge on any atom is 0.272 e. The summed E-state index contributed by atoms with van der Waals surface area (Å²) in [5.74, 6) is 0.517. The topological polar surface area (TPSA) is 88.2 Å². The number of amides is 1.